The number of aromatic nitrogens is 1. The molecule has 0 saturated heterocycles. The first-order valence-corrected chi connectivity index (χ1v) is 11.3. The van der Waals surface area contributed by atoms with E-state index in [1.807, 2.05) is 32.3 Å². The Morgan fingerprint density at radius 1 is 0.853 bits per heavy atom. The van der Waals surface area contributed by atoms with E-state index in [0.29, 0.717) is 0 Å². The minimum Gasteiger partial charge on any atom is -0.344 e. The molecule has 4 rings (SSSR count). The van der Waals surface area contributed by atoms with Crippen molar-refractivity contribution in [2.45, 2.75) is 52.9 Å². The fourth-order valence-electron chi connectivity index (χ4n) is 2.99. The smallest absolute Gasteiger partial charge is 0.344 e. The summed E-state index contributed by atoms with van der Waals surface area (Å²) in [5.74, 6) is 0. The molecule has 3 aromatic rings. The van der Waals surface area contributed by atoms with Crippen LogP contribution in [0.25, 0.3) is 16.5 Å². The number of aryl methyl sites for hydroxylation is 1. The Kier molecular flexibility index (Phi) is 20.4. The minimum absolute atomic E-state index is 0. The van der Waals surface area contributed by atoms with Gasteiger partial charge in [0.2, 0.25) is 0 Å². The van der Waals surface area contributed by atoms with Gasteiger partial charge in [-0.05, 0) is 36.3 Å². The SMILES string of the molecule is C=C1CC=Nc2cc(C[CH2-])ccc21.[CH2-]CC.[CH2-]CC.[CH2-]Cc1ccc2c(C)ccnc2c1.[W+2].[W+2]. The molecule has 0 unspecified atom stereocenters. The van der Waals surface area contributed by atoms with Gasteiger partial charge in [-0.25, -0.2) is 0 Å². The zero-order valence-corrected chi connectivity index (χ0v) is 26.8. The van der Waals surface area contributed by atoms with Crippen molar-refractivity contribution in [1.82, 2.24) is 4.98 Å². The molecule has 0 N–H and O–H groups in total. The zero-order chi connectivity index (χ0) is 23.9. The van der Waals surface area contributed by atoms with Gasteiger partial charge in [0, 0.05) is 29.8 Å². The third kappa shape index (κ3) is 11.4. The Morgan fingerprint density at radius 3 is 2.00 bits per heavy atom. The summed E-state index contributed by atoms with van der Waals surface area (Å²) in [7, 11) is 0. The molecule has 1 aliphatic rings. The predicted octanol–water partition coefficient (Wildman–Crippen LogP) is 8.56. The zero-order valence-electron chi connectivity index (χ0n) is 21.0. The van der Waals surface area contributed by atoms with E-state index in [2.05, 4.69) is 87.6 Å². The van der Waals surface area contributed by atoms with Gasteiger partial charge < -0.3 is 27.7 Å². The van der Waals surface area contributed by atoms with Crippen molar-refractivity contribution in [1.29, 1.82) is 0 Å². The standard InChI is InChI=1S/2C12H12N.2C3H7.2W/c2*1-3-10-4-5-11-9(2)6-7-13-12(11)8-10;2*1-3-2;;/h4-8H,1,3H2,2H3;4-5,7-8H,1-3,6H2;2*1,3H2,2H3;;/q4*-1;2*+2. The van der Waals surface area contributed by atoms with Gasteiger partial charge in [-0.3, -0.25) is 9.98 Å². The molecular formula is C30H38N2W2. The van der Waals surface area contributed by atoms with E-state index >= 15 is 0 Å². The van der Waals surface area contributed by atoms with Crippen LogP contribution in [0.3, 0.4) is 0 Å². The minimum atomic E-state index is 0. The van der Waals surface area contributed by atoms with Gasteiger partial charge in [0.15, 0.2) is 0 Å². The van der Waals surface area contributed by atoms with Gasteiger partial charge in [0.05, 0.1) is 11.2 Å². The molecule has 4 heteroatoms. The van der Waals surface area contributed by atoms with Crippen LogP contribution in [-0.2, 0) is 55.0 Å². The maximum absolute atomic E-state index is 4.34. The Hall–Kier alpha value is -1.36. The maximum Gasteiger partial charge on any atom is 2.00 e. The van der Waals surface area contributed by atoms with E-state index in [-0.39, 0.29) is 42.1 Å². The Morgan fingerprint density at radius 2 is 1.41 bits per heavy atom. The summed E-state index contributed by atoms with van der Waals surface area (Å²) >= 11 is 0. The summed E-state index contributed by atoms with van der Waals surface area (Å²) in [4.78, 5) is 8.66. The van der Waals surface area contributed by atoms with Crippen molar-refractivity contribution in [3.8, 4) is 0 Å². The third-order valence-corrected chi connectivity index (χ3v) is 4.61. The Balaban J connectivity index is 0. The first kappa shape index (κ1) is 34.8. The molecule has 0 aliphatic carbocycles. The molecule has 1 aromatic heterocycles. The van der Waals surface area contributed by atoms with Crippen LogP contribution in [0.1, 0.15) is 55.4 Å². The van der Waals surface area contributed by atoms with E-state index < -0.39 is 0 Å². The van der Waals surface area contributed by atoms with Crippen molar-refractivity contribution < 1.29 is 42.1 Å². The summed E-state index contributed by atoms with van der Waals surface area (Å²) in [6.07, 6.45) is 8.28. The topological polar surface area (TPSA) is 25.2 Å². The van der Waals surface area contributed by atoms with Crippen molar-refractivity contribution in [3.05, 3.63) is 105 Å². The number of aliphatic imine (C=N–C) groups is 1. The van der Waals surface area contributed by atoms with E-state index in [9.17, 15) is 0 Å². The van der Waals surface area contributed by atoms with Crippen LogP contribution < -0.4 is 0 Å². The number of hydrogen-bond donors (Lipinski definition) is 0. The number of nitrogens with zero attached hydrogens (tertiary/aromatic N) is 2. The quantitative estimate of drug-likeness (QED) is 0.239. The molecule has 1 aliphatic heterocycles. The van der Waals surface area contributed by atoms with Crippen LogP contribution in [0.15, 0.2) is 60.2 Å². The number of pyridine rings is 1. The molecule has 0 bridgehead atoms. The van der Waals surface area contributed by atoms with Gasteiger partial charge in [-0.1, -0.05) is 55.8 Å². The second kappa shape index (κ2) is 19.9. The van der Waals surface area contributed by atoms with Crippen LogP contribution in [0, 0.1) is 34.6 Å². The molecular weight excluding hydrogens is 756 g/mol. The van der Waals surface area contributed by atoms with Crippen molar-refractivity contribution in [3.63, 3.8) is 0 Å². The normalized spacial score (nSPS) is 10.6. The summed E-state index contributed by atoms with van der Waals surface area (Å²) in [6.45, 7) is 24.8. The Bertz CT molecular complexity index is 1010. The molecule has 2 nitrogen and oxygen atoms in total. The van der Waals surface area contributed by atoms with Crippen LogP contribution in [0.4, 0.5) is 5.69 Å². The van der Waals surface area contributed by atoms with Gasteiger partial charge in [-0.2, -0.15) is 25.7 Å². The molecule has 0 atom stereocenters. The summed E-state index contributed by atoms with van der Waals surface area (Å²) in [5, 5.41) is 1.24. The molecule has 0 amide bonds. The van der Waals surface area contributed by atoms with Crippen LogP contribution >= 0.6 is 0 Å². The molecule has 0 spiro atoms. The van der Waals surface area contributed by atoms with Gasteiger partial charge in [-0.15, -0.1) is 0 Å². The van der Waals surface area contributed by atoms with E-state index in [0.717, 1.165) is 48.9 Å². The van der Waals surface area contributed by atoms with E-state index in [4.69, 9.17) is 0 Å². The summed E-state index contributed by atoms with van der Waals surface area (Å²) in [6, 6.07) is 14.7. The van der Waals surface area contributed by atoms with Crippen LogP contribution in [0.2, 0.25) is 0 Å². The van der Waals surface area contributed by atoms with Crippen LogP contribution in [-0.4, -0.2) is 11.2 Å². The monoisotopic (exact) mass is 794 g/mol. The summed E-state index contributed by atoms with van der Waals surface area (Å²) in [5.41, 5.74) is 8.19. The maximum atomic E-state index is 4.34. The number of rotatable bonds is 2. The third-order valence-electron chi connectivity index (χ3n) is 4.61. The second-order valence-electron chi connectivity index (χ2n) is 7.45. The van der Waals surface area contributed by atoms with Crippen molar-refractivity contribution in [2.75, 3.05) is 0 Å². The number of allylic oxidation sites excluding steroid dienone is 1. The average molecular weight is 794 g/mol. The molecule has 0 saturated carbocycles. The fraction of sp³-hybridized carbons (Fsp3) is 0.267. The van der Waals surface area contributed by atoms with E-state index in [1.54, 1.807) is 0 Å². The second-order valence-corrected chi connectivity index (χ2v) is 7.45. The molecule has 0 fully saturated rings. The first-order chi connectivity index (χ1) is 15.4. The summed E-state index contributed by atoms with van der Waals surface area (Å²) < 4.78 is 0. The van der Waals surface area contributed by atoms with Gasteiger partial charge in [0.1, 0.15) is 0 Å². The predicted molar refractivity (Wildman–Crippen MR) is 144 cm³/mol. The molecule has 2 heterocycles. The van der Waals surface area contributed by atoms with E-state index in [1.165, 1.54) is 27.6 Å². The van der Waals surface area contributed by atoms with Gasteiger partial charge >= 0.3 is 42.1 Å². The molecule has 34 heavy (non-hydrogen) atoms. The largest absolute Gasteiger partial charge is 2.00 e. The number of benzene rings is 2. The molecule has 2 aromatic carbocycles. The number of hydrogen-bond acceptors (Lipinski definition) is 2. The van der Waals surface area contributed by atoms with Gasteiger partial charge in [0.25, 0.3) is 0 Å². The molecule has 0 radical (unpaired) electrons. The van der Waals surface area contributed by atoms with Crippen LogP contribution in [0.5, 0.6) is 0 Å². The molecule has 180 valence electrons. The average Bonchev–Trinajstić information content (AvgIpc) is 2.80. The fourth-order valence-corrected chi connectivity index (χ4v) is 2.99. The van der Waals surface area contributed by atoms with Crippen molar-refractivity contribution >= 4 is 28.4 Å². The first-order valence-electron chi connectivity index (χ1n) is 11.3. The Labute approximate surface area is 237 Å². The van der Waals surface area contributed by atoms with Crippen molar-refractivity contribution in [2.24, 2.45) is 4.99 Å². The number of fused-ring (bicyclic) bond motifs is 2.